The van der Waals surface area contributed by atoms with Crippen LogP contribution in [-0.4, -0.2) is 0 Å². The Labute approximate surface area is 492 Å². The van der Waals surface area contributed by atoms with Gasteiger partial charge < -0.3 is 9.80 Å². The van der Waals surface area contributed by atoms with Crippen LogP contribution in [0.5, 0.6) is 0 Å². The van der Waals surface area contributed by atoms with E-state index in [1.54, 1.807) is 0 Å². The topological polar surface area (TPSA) is 6.48 Å². The second kappa shape index (κ2) is 19.6. The van der Waals surface area contributed by atoms with E-state index in [0.717, 1.165) is 39.7 Å². The molecule has 0 aliphatic heterocycles. The molecule has 0 fully saturated rings. The Bertz CT molecular complexity index is 4530. The minimum atomic E-state index is -0.581. The predicted octanol–water partition coefficient (Wildman–Crippen LogP) is 21.9. The first-order chi connectivity index (χ1) is 41.4. The minimum absolute atomic E-state index is 0.150. The fourth-order valence-electron chi connectivity index (χ4n) is 14.4. The van der Waals surface area contributed by atoms with Gasteiger partial charge in [0.25, 0.3) is 0 Å². The molecule has 0 bridgehead atoms. The van der Waals surface area contributed by atoms with Crippen LogP contribution < -0.4 is 9.80 Å². The van der Waals surface area contributed by atoms with Gasteiger partial charge in [0.2, 0.25) is 0 Å². The third-order valence-corrected chi connectivity index (χ3v) is 18.3. The summed E-state index contributed by atoms with van der Waals surface area (Å²) in [6.45, 7) is 4.74. The van der Waals surface area contributed by atoms with E-state index in [9.17, 15) is 0 Å². The van der Waals surface area contributed by atoms with Gasteiger partial charge in [0, 0.05) is 39.3 Å². The summed E-state index contributed by atoms with van der Waals surface area (Å²) < 4.78 is 0. The zero-order valence-electron chi connectivity index (χ0n) is 46.9. The van der Waals surface area contributed by atoms with Crippen LogP contribution in [0, 0.1) is 0 Å². The average Bonchev–Trinajstić information content (AvgIpc) is 1.63. The van der Waals surface area contributed by atoms with Crippen molar-refractivity contribution in [2.75, 3.05) is 9.80 Å². The van der Waals surface area contributed by atoms with Crippen LogP contribution in [0.3, 0.4) is 0 Å². The van der Waals surface area contributed by atoms with Crippen LogP contribution in [0.1, 0.15) is 47.2 Å². The molecule has 2 nitrogen and oxygen atoms in total. The summed E-state index contributed by atoms with van der Waals surface area (Å²) in [6.07, 6.45) is 0. The summed E-state index contributed by atoms with van der Waals surface area (Å²) in [7, 11) is 0. The van der Waals surface area contributed by atoms with Crippen LogP contribution in [0.15, 0.2) is 315 Å². The molecule has 0 saturated heterocycles. The van der Waals surface area contributed by atoms with Gasteiger partial charge in [0.05, 0.1) is 16.8 Å². The van der Waals surface area contributed by atoms with Crippen LogP contribution in [0.25, 0.3) is 77.9 Å². The van der Waals surface area contributed by atoms with Crippen LogP contribution in [0.2, 0.25) is 0 Å². The third-order valence-electron chi connectivity index (χ3n) is 18.3. The zero-order valence-corrected chi connectivity index (χ0v) is 46.9. The standard InChI is InChI=1S/C82H58N2/c1-81(2)72-31-16-12-28-67(72)70-52-50-65(54-76(70)81)84(78-35-19-15-27-66(78)60-25-10-5-11-26-60)64-48-41-59(42-49-64)61-43-51-71-77(53-61)82(73-32-17-13-29-68(73)69-30-14-18-33-74(69)82)75-34-20-36-79(80(71)75)83(62-44-37-57(38-45-62)55-21-6-3-7-22-55)63-46-39-58(40-47-63)56-23-8-4-9-24-56/h3-54H,1-2H3. The van der Waals surface area contributed by atoms with Gasteiger partial charge in [-0.3, -0.25) is 0 Å². The Morgan fingerprint density at radius 3 is 1.14 bits per heavy atom. The monoisotopic (exact) mass is 1070 g/mol. The molecule has 0 N–H and O–H groups in total. The maximum Gasteiger partial charge on any atom is 0.0726 e. The van der Waals surface area contributed by atoms with Gasteiger partial charge in [-0.05, 0) is 167 Å². The van der Waals surface area contributed by atoms with Crippen molar-refractivity contribution in [2.45, 2.75) is 24.7 Å². The average molecular weight is 1070 g/mol. The van der Waals surface area contributed by atoms with E-state index >= 15 is 0 Å². The molecular formula is C82H58N2. The smallest absolute Gasteiger partial charge is 0.0726 e. The number of rotatable bonds is 10. The van der Waals surface area contributed by atoms with E-state index in [4.69, 9.17) is 0 Å². The normalized spacial score (nSPS) is 13.3. The van der Waals surface area contributed by atoms with Gasteiger partial charge in [0.15, 0.2) is 0 Å². The number of anilines is 6. The Balaban J connectivity index is 0.866. The lowest BCUT2D eigenvalue weighted by Gasteiger charge is -2.32. The fraction of sp³-hybridized carbons (Fsp3) is 0.0488. The Hall–Kier alpha value is -10.5. The molecule has 16 rings (SSSR count). The molecule has 13 aromatic rings. The van der Waals surface area contributed by atoms with Gasteiger partial charge in [0.1, 0.15) is 0 Å². The number of hydrogen-bond acceptors (Lipinski definition) is 2. The second-order valence-electron chi connectivity index (χ2n) is 23.1. The highest BCUT2D eigenvalue weighted by Crippen LogP contribution is 2.65. The first-order valence-electron chi connectivity index (χ1n) is 29.3. The number of nitrogens with zero attached hydrogens (tertiary/aromatic N) is 2. The van der Waals surface area contributed by atoms with Gasteiger partial charge in [-0.2, -0.15) is 0 Å². The summed E-state index contributed by atoms with van der Waals surface area (Å²) in [4.78, 5) is 4.94. The van der Waals surface area contributed by atoms with Crippen molar-refractivity contribution >= 4 is 34.1 Å². The molecule has 3 aliphatic rings. The quantitative estimate of drug-likeness (QED) is 0.135. The van der Waals surface area contributed by atoms with Gasteiger partial charge in [-0.15, -0.1) is 0 Å². The molecule has 0 aromatic heterocycles. The highest BCUT2D eigenvalue weighted by Gasteiger charge is 2.52. The van der Waals surface area contributed by atoms with Crippen molar-refractivity contribution in [3.05, 3.63) is 349 Å². The first kappa shape index (κ1) is 49.3. The summed E-state index contributed by atoms with van der Waals surface area (Å²) in [5, 5.41) is 0. The van der Waals surface area contributed by atoms with E-state index in [1.165, 1.54) is 106 Å². The van der Waals surface area contributed by atoms with Crippen LogP contribution in [-0.2, 0) is 10.8 Å². The van der Waals surface area contributed by atoms with E-state index in [2.05, 4.69) is 339 Å². The minimum Gasteiger partial charge on any atom is -0.310 e. The first-order valence-corrected chi connectivity index (χ1v) is 29.3. The summed E-state index contributed by atoms with van der Waals surface area (Å²) >= 11 is 0. The lowest BCUT2D eigenvalue weighted by atomic mass is 9.70. The number of fused-ring (bicyclic) bond motifs is 13. The number of benzene rings is 13. The van der Waals surface area contributed by atoms with Crippen LogP contribution >= 0.6 is 0 Å². The zero-order chi connectivity index (χ0) is 55.9. The summed E-state index contributed by atoms with van der Waals surface area (Å²) in [5.74, 6) is 0. The van der Waals surface area contributed by atoms with E-state index in [0.29, 0.717) is 0 Å². The van der Waals surface area contributed by atoms with E-state index < -0.39 is 5.41 Å². The molecule has 13 aromatic carbocycles. The molecule has 396 valence electrons. The molecular weight excluding hydrogens is 1010 g/mol. The molecule has 0 amide bonds. The molecule has 0 radical (unpaired) electrons. The molecule has 3 aliphatic carbocycles. The molecule has 0 unspecified atom stereocenters. The Morgan fingerprint density at radius 2 is 0.583 bits per heavy atom. The van der Waals surface area contributed by atoms with Crippen molar-refractivity contribution in [3.8, 4) is 77.9 Å². The number of hydrogen-bond donors (Lipinski definition) is 0. The van der Waals surface area contributed by atoms with Gasteiger partial charge >= 0.3 is 0 Å². The maximum atomic E-state index is 2.52. The lowest BCUT2D eigenvalue weighted by Crippen LogP contribution is -2.26. The molecule has 1 spiro atoms. The lowest BCUT2D eigenvalue weighted by molar-refractivity contribution is 0.660. The fourth-order valence-corrected chi connectivity index (χ4v) is 14.4. The molecule has 2 heteroatoms. The molecule has 84 heavy (non-hydrogen) atoms. The van der Waals surface area contributed by atoms with Crippen molar-refractivity contribution in [3.63, 3.8) is 0 Å². The van der Waals surface area contributed by atoms with Crippen molar-refractivity contribution in [2.24, 2.45) is 0 Å². The van der Waals surface area contributed by atoms with E-state index in [-0.39, 0.29) is 5.41 Å². The van der Waals surface area contributed by atoms with Gasteiger partial charge in [-0.1, -0.05) is 263 Å². The maximum absolute atomic E-state index is 2.52. The second-order valence-corrected chi connectivity index (χ2v) is 23.1. The van der Waals surface area contributed by atoms with E-state index in [1.807, 2.05) is 0 Å². The Morgan fingerprint density at radius 1 is 0.214 bits per heavy atom. The SMILES string of the molecule is CC1(C)c2ccccc2-c2ccc(N(c3ccc(-c4ccc5c(c4)C4(c6ccccc6-c6ccccc64)c4cccc(N(c6ccc(-c7ccccc7)cc6)c6ccc(-c7ccccc7)cc6)c4-5)cc3)c3ccccc3-c3ccccc3)cc21. The highest BCUT2D eigenvalue weighted by atomic mass is 15.2. The van der Waals surface area contributed by atoms with Crippen LogP contribution in [0.4, 0.5) is 34.1 Å². The number of para-hydroxylation sites is 1. The third kappa shape index (κ3) is 7.64. The summed E-state index contributed by atoms with van der Waals surface area (Å²) in [6, 6.07) is 117. The van der Waals surface area contributed by atoms with Gasteiger partial charge in [-0.25, -0.2) is 0 Å². The molecule has 0 saturated carbocycles. The molecule has 0 heterocycles. The molecule has 0 atom stereocenters. The largest absolute Gasteiger partial charge is 0.310 e. The van der Waals surface area contributed by atoms with Crippen molar-refractivity contribution < 1.29 is 0 Å². The van der Waals surface area contributed by atoms with Crippen molar-refractivity contribution in [1.29, 1.82) is 0 Å². The predicted molar refractivity (Wildman–Crippen MR) is 351 cm³/mol. The summed E-state index contributed by atoms with van der Waals surface area (Å²) in [5.41, 5.74) is 31.0. The highest BCUT2D eigenvalue weighted by molar-refractivity contribution is 6.02. The van der Waals surface area contributed by atoms with Crippen molar-refractivity contribution in [1.82, 2.24) is 0 Å². The Kier molecular flexibility index (Phi) is 11.5.